The molecule has 0 heterocycles. The maximum Gasteiger partial charge on any atom is 0.0626 e. The number of hydrogen-bond donors (Lipinski definition) is 2. The number of halogens is 2. The monoisotopic (exact) mass is 176 g/mol. The van der Waals surface area contributed by atoms with Gasteiger partial charge in [-0.05, 0) is 0 Å². The van der Waals surface area contributed by atoms with Crippen LogP contribution in [0.15, 0.2) is 0 Å². The van der Waals surface area contributed by atoms with E-state index in [1.54, 1.807) is 7.11 Å². The van der Waals surface area contributed by atoms with Crippen LogP contribution < -0.4 is 11.5 Å². The summed E-state index contributed by atoms with van der Waals surface area (Å²) in [4.78, 5) is 0. The van der Waals surface area contributed by atoms with Crippen LogP contribution in [-0.2, 0) is 4.74 Å². The van der Waals surface area contributed by atoms with Gasteiger partial charge in [0, 0.05) is 19.7 Å². The van der Waals surface area contributed by atoms with Gasteiger partial charge in [0.25, 0.3) is 0 Å². The first-order valence-electron chi connectivity index (χ1n) is 2.26. The van der Waals surface area contributed by atoms with Gasteiger partial charge in [-0.2, -0.15) is 0 Å². The Morgan fingerprint density at radius 3 is 2.00 bits per heavy atom. The van der Waals surface area contributed by atoms with Crippen molar-refractivity contribution < 1.29 is 4.74 Å². The fourth-order valence-electron chi connectivity index (χ4n) is 0.282. The summed E-state index contributed by atoms with van der Waals surface area (Å²) in [7, 11) is 1.61. The molecule has 0 aliphatic heterocycles. The molecule has 0 spiro atoms. The van der Waals surface area contributed by atoms with Crippen molar-refractivity contribution in [1.29, 1.82) is 0 Å². The van der Waals surface area contributed by atoms with Gasteiger partial charge in [-0.1, -0.05) is 0 Å². The first-order valence-corrected chi connectivity index (χ1v) is 2.26. The average Bonchev–Trinajstić information content (AvgIpc) is 1.68. The number of ether oxygens (including phenoxy) is 1. The molecule has 60 valence electrons. The molecule has 0 rings (SSSR count). The molecule has 0 aliphatic rings. The summed E-state index contributed by atoms with van der Waals surface area (Å²) in [6.07, 6.45) is 0. The molecule has 3 nitrogen and oxygen atoms in total. The minimum absolute atomic E-state index is 0. The zero-order valence-electron chi connectivity index (χ0n) is 5.37. The van der Waals surface area contributed by atoms with E-state index >= 15 is 0 Å². The predicted molar refractivity (Wildman–Crippen MR) is 43.4 cm³/mol. The molecule has 0 aromatic rings. The van der Waals surface area contributed by atoms with Gasteiger partial charge in [-0.25, -0.2) is 0 Å². The molecule has 0 amide bonds. The highest BCUT2D eigenvalue weighted by molar-refractivity contribution is 5.85. The van der Waals surface area contributed by atoms with Crippen LogP contribution in [-0.4, -0.2) is 26.3 Å². The maximum atomic E-state index is 5.33. The first-order chi connectivity index (χ1) is 3.31. The molecule has 0 unspecified atom stereocenters. The van der Waals surface area contributed by atoms with Gasteiger partial charge in [0.1, 0.15) is 0 Å². The lowest BCUT2D eigenvalue weighted by molar-refractivity contribution is 0.182. The van der Waals surface area contributed by atoms with E-state index in [-0.39, 0.29) is 30.9 Å². The lowest BCUT2D eigenvalue weighted by Gasteiger charge is -2.03. The molecule has 9 heavy (non-hydrogen) atoms. The number of rotatable bonds is 3. The Hall–Kier alpha value is 0.460. The second kappa shape index (κ2) is 11.3. The topological polar surface area (TPSA) is 61.3 Å². The van der Waals surface area contributed by atoms with Gasteiger partial charge in [-0.3, -0.25) is 0 Å². The average molecular weight is 177 g/mol. The van der Waals surface area contributed by atoms with Gasteiger partial charge in [0.15, 0.2) is 0 Å². The molecule has 4 N–H and O–H groups in total. The number of methoxy groups -OCH3 is 1. The van der Waals surface area contributed by atoms with E-state index in [0.717, 1.165) is 0 Å². The Morgan fingerprint density at radius 1 is 1.44 bits per heavy atom. The van der Waals surface area contributed by atoms with Crippen molar-refractivity contribution in [1.82, 2.24) is 0 Å². The predicted octanol–water partition coefficient (Wildman–Crippen LogP) is -0.238. The van der Waals surface area contributed by atoms with Gasteiger partial charge in [0.05, 0.1) is 6.61 Å². The van der Waals surface area contributed by atoms with E-state index in [9.17, 15) is 0 Å². The quantitative estimate of drug-likeness (QED) is 0.625. The highest BCUT2D eigenvalue weighted by atomic mass is 35.5. The molecule has 0 aromatic heterocycles. The summed E-state index contributed by atoms with van der Waals surface area (Å²) in [5.41, 5.74) is 10.5. The van der Waals surface area contributed by atoms with Crippen LogP contribution in [0.1, 0.15) is 0 Å². The number of nitrogens with two attached hydrogens (primary N) is 2. The Morgan fingerprint density at radius 2 is 1.89 bits per heavy atom. The van der Waals surface area contributed by atoms with Crippen LogP contribution in [0.2, 0.25) is 0 Å². The Kier molecular flexibility index (Phi) is 20.3. The highest BCUT2D eigenvalue weighted by Crippen LogP contribution is 1.71. The van der Waals surface area contributed by atoms with Gasteiger partial charge in [-0.15, -0.1) is 24.8 Å². The number of hydrogen-bond acceptors (Lipinski definition) is 3. The summed E-state index contributed by atoms with van der Waals surface area (Å²) in [6, 6.07) is 0.00463. The van der Waals surface area contributed by atoms with Crippen LogP contribution in [0.5, 0.6) is 0 Å². The molecule has 0 saturated heterocycles. The summed E-state index contributed by atoms with van der Waals surface area (Å²) in [6.45, 7) is 1.05. The first kappa shape index (κ1) is 16.2. The lowest BCUT2D eigenvalue weighted by atomic mass is 10.3. The van der Waals surface area contributed by atoms with Crippen molar-refractivity contribution in [2.45, 2.75) is 6.04 Å². The molecule has 0 saturated carbocycles. The molecule has 0 fully saturated rings. The van der Waals surface area contributed by atoms with Gasteiger partial charge < -0.3 is 16.2 Å². The van der Waals surface area contributed by atoms with Crippen LogP contribution >= 0.6 is 24.8 Å². The second-order valence-electron chi connectivity index (χ2n) is 1.45. The standard InChI is InChI=1S/C4H12N2O.2ClH/c1-7-3-4(6)2-5;;/h4H,2-3,5-6H2,1H3;2*1H/t4-;;/m0../s1. The van der Waals surface area contributed by atoms with Crippen LogP contribution in [0.25, 0.3) is 0 Å². The van der Waals surface area contributed by atoms with Crippen molar-refractivity contribution >= 4 is 24.8 Å². The lowest BCUT2D eigenvalue weighted by Crippen LogP contribution is -2.33. The van der Waals surface area contributed by atoms with Crippen molar-refractivity contribution in [3.05, 3.63) is 0 Å². The summed E-state index contributed by atoms with van der Waals surface area (Å²) in [5, 5.41) is 0. The van der Waals surface area contributed by atoms with Gasteiger partial charge >= 0.3 is 0 Å². The van der Waals surface area contributed by atoms with Crippen molar-refractivity contribution in [3.63, 3.8) is 0 Å². The maximum absolute atomic E-state index is 5.33. The van der Waals surface area contributed by atoms with Crippen molar-refractivity contribution in [2.24, 2.45) is 11.5 Å². The smallest absolute Gasteiger partial charge is 0.0626 e. The molecule has 0 aliphatic carbocycles. The van der Waals surface area contributed by atoms with Crippen LogP contribution in [0.3, 0.4) is 0 Å². The minimum Gasteiger partial charge on any atom is -0.383 e. The Labute approximate surface area is 67.9 Å². The summed E-state index contributed by atoms with van der Waals surface area (Å²) in [5.74, 6) is 0. The van der Waals surface area contributed by atoms with E-state index < -0.39 is 0 Å². The molecule has 1 atom stereocenters. The molecule has 0 aromatic carbocycles. The normalized spacial score (nSPS) is 11.0. The molecular formula is C4H14Cl2N2O. The minimum atomic E-state index is 0. The van der Waals surface area contributed by atoms with Crippen LogP contribution in [0, 0.1) is 0 Å². The Bertz CT molecular complexity index is 47.5. The third-order valence-electron chi connectivity index (χ3n) is 0.683. The van der Waals surface area contributed by atoms with E-state index in [4.69, 9.17) is 11.5 Å². The van der Waals surface area contributed by atoms with E-state index in [0.29, 0.717) is 13.2 Å². The van der Waals surface area contributed by atoms with E-state index in [1.807, 2.05) is 0 Å². The second-order valence-corrected chi connectivity index (χ2v) is 1.45. The van der Waals surface area contributed by atoms with E-state index in [2.05, 4.69) is 4.74 Å². The zero-order chi connectivity index (χ0) is 5.70. The van der Waals surface area contributed by atoms with Crippen molar-refractivity contribution in [2.75, 3.05) is 20.3 Å². The van der Waals surface area contributed by atoms with Crippen molar-refractivity contribution in [3.8, 4) is 0 Å². The van der Waals surface area contributed by atoms with E-state index in [1.165, 1.54) is 0 Å². The zero-order valence-corrected chi connectivity index (χ0v) is 7.00. The molecule has 0 bridgehead atoms. The molecule has 0 radical (unpaired) electrons. The highest BCUT2D eigenvalue weighted by Gasteiger charge is 1.93. The summed E-state index contributed by atoms with van der Waals surface area (Å²) >= 11 is 0. The fraction of sp³-hybridized carbons (Fsp3) is 1.00. The third-order valence-corrected chi connectivity index (χ3v) is 0.683. The van der Waals surface area contributed by atoms with Gasteiger partial charge in [0.2, 0.25) is 0 Å². The Balaban J connectivity index is -0.000000180. The third kappa shape index (κ3) is 11.8. The van der Waals surface area contributed by atoms with Crippen LogP contribution in [0.4, 0.5) is 0 Å². The largest absolute Gasteiger partial charge is 0.383 e. The SMILES string of the molecule is COC[C@@H](N)CN.Cl.Cl. The molecular weight excluding hydrogens is 163 g/mol. The fourth-order valence-corrected chi connectivity index (χ4v) is 0.282. The molecule has 5 heteroatoms. The summed E-state index contributed by atoms with van der Waals surface area (Å²) < 4.78 is 4.69.